The van der Waals surface area contributed by atoms with E-state index in [0.717, 1.165) is 22.3 Å². The molecule has 3 aromatic rings. The standard InChI is InChI=1S/C25H23N3O4/c1-17(19-6-4-3-5-7-19)32-24(31)27-22-21(16-26-28(22)2)20-10-8-18(9-11-20)12-13-25(14-15-25)23(29)30/h3-11,16-17H,14-15H2,1-2H3,(H,27,31)(H,29,30)/t17-/m1/s1. The lowest BCUT2D eigenvalue weighted by molar-refractivity contribution is -0.141. The van der Waals surface area contributed by atoms with E-state index in [1.807, 2.05) is 61.5 Å². The molecule has 2 aromatic carbocycles. The molecular formula is C25H23N3O4. The van der Waals surface area contributed by atoms with E-state index in [2.05, 4.69) is 22.3 Å². The van der Waals surface area contributed by atoms with Crippen molar-refractivity contribution in [3.05, 3.63) is 71.9 Å². The molecule has 1 aliphatic carbocycles. The van der Waals surface area contributed by atoms with Gasteiger partial charge < -0.3 is 9.84 Å². The van der Waals surface area contributed by atoms with Gasteiger partial charge in [0.25, 0.3) is 0 Å². The molecule has 1 aliphatic rings. The molecular weight excluding hydrogens is 406 g/mol. The second-order valence-corrected chi connectivity index (χ2v) is 7.83. The maximum absolute atomic E-state index is 12.5. The van der Waals surface area contributed by atoms with Gasteiger partial charge in [0.15, 0.2) is 0 Å². The van der Waals surface area contributed by atoms with E-state index >= 15 is 0 Å². The molecule has 162 valence electrons. The van der Waals surface area contributed by atoms with E-state index in [1.165, 1.54) is 0 Å². The largest absolute Gasteiger partial charge is 0.480 e. The molecule has 1 fully saturated rings. The first kappa shape index (κ1) is 21.2. The van der Waals surface area contributed by atoms with Crippen LogP contribution in [0.1, 0.15) is 37.0 Å². The number of hydrogen-bond acceptors (Lipinski definition) is 4. The van der Waals surface area contributed by atoms with Gasteiger partial charge in [0, 0.05) is 18.2 Å². The molecule has 0 radical (unpaired) electrons. The van der Waals surface area contributed by atoms with Gasteiger partial charge in [-0.15, -0.1) is 0 Å². The Bertz CT molecular complexity index is 1200. The lowest BCUT2D eigenvalue weighted by Crippen LogP contribution is -2.18. The molecule has 0 aliphatic heterocycles. The quantitative estimate of drug-likeness (QED) is 0.578. The van der Waals surface area contributed by atoms with Crippen molar-refractivity contribution >= 4 is 17.9 Å². The van der Waals surface area contributed by atoms with Gasteiger partial charge in [-0.3, -0.25) is 14.8 Å². The predicted molar refractivity (Wildman–Crippen MR) is 120 cm³/mol. The summed E-state index contributed by atoms with van der Waals surface area (Å²) >= 11 is 0. The maximum Gasteiger partial charge on any atom is 0.413 e. The molecule has 32 heavy (non-hydrogen) atoms. The molecule has 1 aromatic heterocycles. The van der Waals surface area contributed by atoms with Crippen LogP contribution in [-0.4, -0.2) is 26.9 Å². The van der Waals surface area contributed by atoms with Gasteiger partial charge >= 0.3 is 12.1 Å². The Morgan fingerprint density at radius 2 is 1.84 bits per heavy atom. The fourth-order valence-corrected chi connectivity index (χ4v) is 3.32. The fourth-order valence-electron chi connectivity index (χ4n) is 3.32. The maximum atomic E-state index is 12.5. The second-order valence-electron chi connectivity index (χ2n) is 7.83. The van der Waals surface area contributed by atoms with Crippen LogP contribution in [0.15, 0.2) is 60.8 Å². The molecule has 1 atom stereocenters. The Labute approximate surface area is 186 Å². The number of rotatable bonds is 5. The van der Waals surface area contributed by atoms with Crippen LogP contribution in [-0.2, 0) is 16.6 Å². The van der Waals surface area contributed by atoms with Crippen LogP contribution >= 0.6 is 0 Å². The number of hydrogen-bond donors (Lipinski definition) is 2. The average molecular weight is 429 g/mol. The van der Waals surface area contributed by atoms with Crippen LogP contribution in [0, 0.1) is 17.3 Å². The van der Waals surface area contributed by atoms with E-state index in [0.29, 0.717) is 18.7 Å². The number of amides is 1. The second kappa shape index (κ2) is 8.60. The summed E-state index contributed by atoms with van der Waals surface area (Å²) in [5.41, 5.74) is 2.34. The number of ether oxygens (including phenoxy) is 1. The zero-order valence-electron chi connectivity index (χ0n) is 17.8. The molecule has 0 bridgehead atoms. The van der Waals surface area contributed by atoms with Crippen molar-refractivity contribution in [2.24, 2.45) is 12.5 Å². The molecule has 0 saturated heterocycles. The van der Waals surface area contributed by atoms with E-state index in [-0.39, 0.29) is 0 Å². The molecule has 4 rings (SSSR count). The van der Waals surface area contributed by atoms with E-state index in [4.69, 9.17) is 4.74 Å². The van der Waals surface area contributed by atoms with Gasteiger partial charge in [-0.25, -0.2) is 4.79 Å². The Morgan fingerprint density at radius 3 is 2.47 bits per heavy atom. The highest BCUT2D eigenvalue weighted by atomic mass is 16.6. The summed E-state index contributed by atoms with van der Waals surface area (Å²) in [7, 11) is 1.74. The third-order valence-corrected chi connectivity index (χ3v) is 5.51. The number of aromatic nitrogens is 2. The van der Waals surface area contributed by atoms with Crippen molar-refractivity contribution in [2.45, 2.75) is 25.9 Å². The van der Waals surface area contributed by atoms with E-state index < -0.39 is 23.6 Å². The number of benzene rings is 2. The molecule has 1 amide bonds. The van der Waals surface area contributed by atoms with Crippen molar-refractivity contribution < 1.29 is 19.4 Å². The van der Waals surface area contributed by atoms with Crippen LogP contribution in [0.5, 0.6) is 0 Å². The van der Waals surface area contributed by atoms with Crippen LogP contribution in [0.25, 0.3) is 11.1 Å². The number of anilines is 1. The van der Waals surface area contributed by atoms with E-state index in [9.17, 15) is 14.7 Å². The number of nitrogens with zero attached hydrogens (tertiary/aromatic N) is 2. The van der Waals surface area contributed by atoms with Gasteiger partial charge in [0.2, 0.25) is 0 Å². The van der Waals surface area contributed by atoms with Gasteiger partial charge in [-0.1, -0.05) is 54.3 Å². The van der Waals surface area contributed by atoms with Gasteiger partial charge in [0.1, 0.15) is 17.3 Å². The summed E-state index contributed by atoms with van der Waals surface area (Å²) in [5, 5.41) is 16.3. The van der Waals surface area contributed by atoms with Crippen molar-refractivity contribution in [2.75, 3.05) is 5.32 Å². The Balaban J connectivity index is 1.47. The summed E-state index contributed by atoms with van der Waals surface area (Å²) in [6.07, 6.45) is 1.89. The number of carbonyl (C=O) groups excluding carboxylic acids is 1. The van der Waals surface area contributed by atoms with Crippen molar-refractivity contribution in [3.8, 4) is 23.0 Å². The zero-order valence-corrected chi connectivity index (χ0v) is 17.8. The number of carbonyl (C=O) groups is 2. The number of aliphatic carboxylic acids is 1. The Hall–Kier alpha value is -4.05. The highest BCUT2D eigenvalue weighted by Crippen LogP contribution is 2.45. The van der Waals surface area contributed by atoms with Crippen molar-refractivity contribution in [1.82, 2.24) is 9.78 Å². The van der Waals surface area contributed by atoms with Crippen LogP contribution in [0.3, 0.4) is 0 Å². The van der Waals surface area contributed by atoms with Gasteiger partial charge in [-0.2, -0.15) is 5.10 Å². The number of nitrogens with one attached hydrogen (secondary N) is 1. The predicted octanol–water partition coefficient (Wildman–Crippen LogP) is 4.61. The summed E-state index contributed by atoms with van der Waals surface area (Å²) in [4.78, 5) is 23.7. The first-order chi connectivity index (χ1) is 15.4. The minimum Gasteiger partial charge on any atom is -0.480 e. The summed E-state index contributed by atoms with van der Waals surface area (Å²) in [6, 6.07) is 16.9. The van der Waals surface area contributed by atoms with Crippen LogP contribution in [0.4, 0.5) is 10.6 Å². The molecule has 0 unspecified atom stereocenters. The average Bonchev–Trinajstić information content (AvgIpc) is 3.52. The SMILES string of the molecule is C[C@@H](OC(=O)Nc1c(-c2ccc(C#CC3(C(=O)O)CC3)cc2)cnn1C)c1ccccc1. The highest BCUT2D eigenvalue weighted by molar-refractivity contribution is 5.90. The topological polar surface area (TPSA) is 93.4 Å². The highest BCUT2D eigenvalue weighted by Gasteiger charge is 2.49. The Morgan fingerprint density at radius 1 is 1.16 bits per heavy atom. The Kier molecular flexibility index (Phi) is 5.69. The lowest BCUT2D eigenvalue weighted by Gasteiger charge is -2.15. The number of aryl methyl sites for hydroxylation is 1. The minimum absolute atomic E-state index is 0.397. The third-order valence-electron chi connectivity index (χ3n) is 5.51. The first-order valence-electron chi connectivity index (χ1n) is 10.3. The smallest absolute Gasteiger partial charge is 0.413 e. The zero-order chi connectivity index (χ0) is 22.7. The molecule has 7 heteroatoms. The number of carboxylic acid groups (broad SMARTS) is 1. The summed E-state index contributed by atoms with van der Waals surface area (Å²) in [5.74, 6) is 5.48. The third kappa shape index (κ3) is 4.49. The molecule has 1 saturated carbocycles. The molecule has 1 heterocycles. The van der Waals surface area contributed by atoms with Crippen molar-refractivity contribution in [3.63, 3.8) is 0 Å². The minimum atomic E-state index is -0.879. The summed E-state index contributed by atoms with van der Waals surface area (Å²) < 4.78 is 7.08. The molecule has 2 N–H and O–H groups in total. The summed E-state index contributed by atoms with van der Waals surface area (Å²) in [6.45, 7) is 1.81. The van der Waals surface area contributed by atoms with E-state index in [1.54, 1.807) is 17.9 Å². The molecule has 7 nitrogen and oxygen atoms in total. The fraction of sp³-hybridized carbons (Fsp3) is 0.240. The van der Waals surface area contributed by atoms with Gasteiger partial charge in [-0.05, 0) is 43.0 Å². The first-order valence-corrected chi connectivity index (χ1v) is 10.3. The van der Waals surface area contributed by atoms with Gasteiger partial charge in [0.05, 0.1) is 6.20 Å². The molecule has 0 spiro atoms. The monoisotopic (exact) mass is 429 g/mol. The van der Waals surface area contributed by atoms with Crippen molar-refractivity contribution in [1.29, 1.82) is 0 Å². The lowest BCUT2D eigenvalue weighted by atomic mass is 10.0. The normalized spacial score (nSPS) is 14.6. The van der Waals surface area contributed by atoms with Crippen LogP contribution < -0.4 is 5.32 Å². The number of carboxylic acids is 1. The van der Waals surface area contributed by atoms with Crippen LogP contribution in [0.2, 0.25) is 0 Å².